The van der Waals surface area contributed by atoms with Crippen molar-refractivity contribution in [3.8, 4) is 5.75 Å². The molecule has 0 aliphatic rings. The van der Waals surface area contributed by atoms with Crippen molar-refractivity contribution in [3.63, 3.8) is 0 Å². The van der Waals surface area contributed by atoms with Crippen LogP contribution in [0.15, 0.2) is 42.5 Å². The SMILES string of the molecule is O=C(COc1ccc2ccccc2c1)NC(CC(F)F)C(=O)O. The Morgan fingerprint density at radius 1 is 1.13 bits per heavy atom. The zero-order valence-electron chi connectivity index (χ0n) is 12.0. The molecule has 0 aromatic heterocycles. The molecule has 0 aliphatic carbocycles. The molecule has 1 unspecified atom stereocenters. The van der Waals surface area contributed by atoms with E-state index in [4.69, 9.17) is 9.84 Å². The highest BCUT2D eigenvalue weighted by atomic mass is 19.3. The van der Waals surface area contributed by atoms with Crippen LogP contribution in [0.2, 0.25) is 0 Å². The summed E-state index contributed by atoms with van der Waals surface area (Å²) in [4.78, 5) is 22.4. The molecule has 23 heavy (non-hydrogen) atoms. The number of carbonyl (C=O) groups excluding carboxylic acids is 1. The molecule has 122 valence electrons. The number of ether oxygens (including phenoxy) is 1. The number of nitrogens with one attached hydrogen (secondary N) is 1. The van der Waals surface area contributed by atoms with Gasteiger partial charge in [-0.25, -0.2) is 13.6 Å². The van der Waals surface area contributed by atoms with Crippen LogP contribution < -0.4 is 10.1 Å². The average Bonchev–Trinajstić information content (AvgIpc) is 2.51. The molecule has 2 rings (SSSR count). The summed E-state index contributed by atoms with van der Waals surface area (Å²) < 4.78 is 29.8. The van der Waals surface area contributed by atoms with Crippen molar-refractivity contribution in [2.24, 2.45) is 0 Å². The van der Waals surface area contributed by atoms with Gasteiger partial charge in [-0.1, -0.05) is 30.3 Å². The average molecular weight is 323 g/mol. The number of carbonyl (C=O) groups is 2. The molecule has 1 atom stereocenters. The van der Waals surface area contributed by atoms with E-state index in [1.54, 1.807) is 12.1 Å². The van der Waals surface area contributed by atoms with Crippen molar-refractivity contribution in [1.82, 2.24) is 5.32 Å². The van der Waals surface area contributed by atoms with E-state index in [1.165, 1.54) is 0 Å². The summed E-state index contributed by atoms with van der Waals surface area (Å²) in [6, 6.07) is 11.1. The quantitative estimate of drug-likeness (QED) is 0.820. The minimum atomic E-state index is -2.82. The third kappa shape index (κ3) is 4.91. The summed E-state index contributed by atoms with van der Waals surface area (Å²) in [5.74, 6) is -1.85. The maximum atomic E-state index is 12.2. The number of benzene rings is 2. The molecular formula is C16H15F2NO4. The van der Waals surface area contributed by atoms with E-state index in [-0.39, 0.29) is 0 Å². The topological polar surface area (TPSA) is 75.6 Å². The molecule has 0 fully saturated rings. The number of halogens is 2. The van der Waals surface area contributed by atoms with E-state index < -0.39 is 37.4 Å². The number of aliphatic carboxylic acids is 1. The zero-order chi connectivity index (χ0) is 16.8. The normalized spacial score (nSPS) is 12.1. The first-order chi connectivity index (χ1) is 11.0. The Labute approximate surface area is 130 Å². The first kappa shape index (κ1) is 16.7. The molecule has 0 saturated heterocycles. The second-order valence-corrected chi connectivity index (χ2v) is 4.88. The van der Waals surface area contributed by atoms with Crippen molar-refractivity contribution < 1.29 is 28.2 Å². The van der Waals surface area contributed by atoms with Gasteiger partial charge in [0.2, 0.25) is 6.43 Å². The number of fused-ring (bicyclic) bond motifs is 1. The Morgan fingerprint density at radius 3 is 2.48 bits per heavy atom. The lowest BCUT2D eigenvalue weighted by molar-refractivity contribution is -0.143. The zero-order valence-corrected chi connectivity index (χ0v) is 12.0. The summed E-state index contributed by atoms with van der Waals surface area (Å²) in [5, 5.41) is 12.7. The van der Waals surface area contributed by atoms with Crippen LogP contribution in [0.4, 0.5) is 8.78 Å². The lowest BCUT2D eigenvalue weighted by atomic mass is 10.1. The number of rotatable bonds is 7. The first-order valence-corrected chi connectivity index (χ1v) is 6.87. The van der Waals surface area contributed by atoms with Gasteiger partial charge in [0.1, 0.15) is 11.8 Å². The molecule has 0 aliphatic heterocycles. The van der Waals surface area contributed by atoms with E-state index in [0.29, 0.717) is 5.75 Å². The number of carboxylic acid groups (broad SMARTS) is 1. The smallest absolute Gasteiger partial charge is 0.326 e. The van der Waals surface area contributed by atoms with Gasteiger partial charge in [-0.15, -0.1) is 0 Å². The van der Waals surface area contributed by atoms with Crippen LogP contribution >= 0.6 is 0 Å². The number of hydrogen-bond donors (Lipinski definition) is 2. The predicted octanol–water partition coefficient (Wildman–Crippen LogP) is 2.44. The molecule has 0 saturated carbocycles. The maximum absolute atomic E-state index is 12.2. The lowest BCUT2D eigenvalue weighted by Gasteiger charge is -2.14. The molecular weight excluding hydrogens is 308 g/mol. The molecule has 0 heterocycles. The van der Waals surface area contributed by atoms with Crippen LogP contribution in [0.25, 0.3) is 10.8 Å². The number of amides is 1. The maximum Gasteiger partial charge on any atom is 0.326 e. The Bertz CT molecular complexity index is 705. The number of hydrogen-bond acceptors (Lipinski definition) is 3. The van der Waals surface area contributed by atoms with E-state index in [2.05, 4.69) is 0 Å². The van der Waals surface area contributed by atoms with Crippen molar-refractivity contribution in [2.75, 3.05) is 6.61 Å². The molecule has 0 bridgehead atoms. The van der Waals surface area contributed by atoms with Crippen LogP contribution in [0.3, 0.4) is 0 Å². The highest BCUT2D eigenvalue weighted by molar-refractivity contribution is 5.85. The predicted molar refractivity (Wildman–Crippen MR) is 79.6 cm³/mol. The Morgan fingerprint density at radius 2 is 1.83 bits per heavy atom. The fourth-order valence-electron chi connectivity index (χ4n) is 2.04. The van der Waals surface area contributed by atoms with Crippen molar-refractivity contribution in [1.29, 1.82) is 0 Å². The first-order valence-electron chi connectivity index (χ1n) is 6.87. The molecule has 0 radical (unpaired) electrons. The number of carboxylic acids is 1. The summed E-state index contributed by atoms with van der Waals surface area (Å²) in [6.07, 6.45) is -3.77. The van der Waals surface area contributed by atoms with E-state index in [0.717, 1.165) is 10.8 Å². The van der Waals surface area contributed by atoms with Gasteiger partial charge in [0.05, 0.1) is 0 Å². The van der Waals surface area contributed by atoms with Crippen LogP contribution in [0.5, 0.6) is 5.75 Å². The minimum Gasteiger partial charge on any atom is -0.484 e. The fourth-order valence-corrected chi connectivity index (χ4v) is 2.04. The highest BCUT2D eigenvalue weighted by Crippen LogP contribution is 2.20. The Balaban J connectivity index is 1.93. The Hall–Kier alpha value is -2.70. The molecule has 5 nitrogen and oxygen atoms in total. The van der Waals surface area contributed by atoms with Crippen molar-refractivity contribution in [2.45, 2.75) is 18.9 Å². The highest BCUT2D eigenvalue weighted by Gasteiger charge is 2.24. The van der Waals surface area contributed by atoms with Gasteiger partial charge in [0.25, 0.3) is 5.91 Å². The molecule has 2 N–H and O–H groups in total. The van der Waals surface area contributed by atoms with E-state index >= 15 is 0 Å². The van der Waals surface area contributed by atoms with Gasteiger partial charge in [-0.2, -0.15) is 0 Å². The molecule has 2 aromatic rings. The molecule has 0 spiro atoms. The second-order valence-electron chi connectivity index (χ2n) is 4.88. The minimum absolute atomic E-state index is 0.430. The van der Waals surface area contributed by atoms with Crippen molar-refractivity contribution >= 4 is 22.6 Å². The van der Waals surface area contributed by atoms with Crippen LogP contribution in [-0.2, 0) is 9.59 Å². The van der Waals surface area contributed by atoms with E-state index in [1.807, 2.05) is 35.6 Å². The summed E-state index contributed by atoms with van der Waals surface area (Å²) in [6.45, 7) is -0.453. The largest absolute Gasteiger partial charge is 0.484 e. The lowest BCUT2D eigenvalue weighted by Crippen LogP contribution is -2.44. The van der Waals surface area contributed by atoms with Gasteiger partial charge >= 0.3 is 5.97 Å². The van der Waals surface area contributed by atoms with Gasteiger partial charge in [0.15, 0.2) is 6.61 Å². The van der Waals surface area contributed by atoms with E-state index in [9.17, 15) is 18.4 Å². The van der Waals surface area contributed by atoms with Gasteiger partial charge in [-0.05, 0) is 22.9 Å². The monoisotopic (exact) mass is 323 g/mol. The van der Waals surface area contributed by atoms with Crippen LogP contribution in [0, 0.1) is 0 Å². The van der Waals surface area contributed by atoms with Gasteiger partial charge < -0.3 is 15.2 Å². The molecule has 2 aromatic carbocycles. The summed E-state index contributed by atoms with van der Waals surface area (Å²) in [7, 11) is 0. The third-order valence-corrected chi connectivity index (χ3v) is 3.14. The van der Waals surface area contributed by atoms with Crippen LogP contribution in [0.1, 0.15) is 6.42 Å². The molecule has 7 heteroatoms. The van der Waals surface area contributed by atoms with Gasteiger partial charge in [0, 0.05) is 6.42 Å². The molecule has 1 amide bonds. The summed E-state index contributed by atoms with van der Waals surface area (Å²) in [5.41, 5.74) is 0. The van der Waals surface area contributed by atoms with Crippen LogP contribution in [-0.4, -0.2) is 36.1 Å². The Kier molecular flexibility index (Phi) is 5.46. The third-order valence-electron chi connectivity index (χ3n) is 3.14. The number of alkyl halides is 2. The summed E-state index contributed by atoms with van der Waals surface area (Å²) >= 11 is 0. The standard InChI is InChI=1S/C16H15F2NO4/c17-14(18)8-13(16(21)22)19-15(20)9-23-12-6-5-10-3-1-2-4-11(10)7-12/h1-7,13-14H,8-9H2,(H,19,20)(H,21,22). The second kappa shape index (κ2) is 7.53. The van der Waals surface area contributed by atoms with Gasteiger partial charge in [-0.3, -0.25) is 4.79 Å². The van der Waals surface area contributed by atoms with Crippen molar-refractivity contribution in [3.05, 3.63) is 42.5 Å². The fraction of sp³-hybridized carbons (Fsp3) is 0.250.